The molecule has 0 unspecified atom stereocenters. The van der Waals surface area contributed by atoms with Crippen molar-refractivity contribution in [2.24, 2.45) is 0 Å². The zero-order valence-electron chi connectivity index (χ0n) is 10.7. The number of thioether (sulfide) groups is 2. The highest BCUT2D eigenvalue weighted by atomic mass is 32.2. The van der Waals surface area contributed by atoms with Crippen molar-refractivity contribution in [3.63, 3.8) is 0 Å². The van der Waals surface area contributed by atoms with E-state index in [4.69, 9.17) is 0 Å². The predicted octanol–water partition coefficient (Wildman–Crippen LogP) is 4.96. The zero-order chi connectivity index (χ0) is 12.7. The van der Waals surface area contributed by atoms with Crippen molar-refractivity contribution in [3.8, 4) is 0 Å². The van der Waals surface area contributed by atoms with E-state index in [1.54, 1.807) is 11.3 Å². The first-order valence-corrected chi connectivity index (χ1v) is 8.86. The summed E-state index contributed by atoms with van der Waals surface area (Å²) in [5.74, 6) is 2.37. The molecule has 4 heteroatoms. The maximum atomic E-state index is 11.9. The van der Waals surface area contributed by atoms with Gasteiger partial charge in [-0.25, -0.2) is 0 Å². The number of carbonyl (C=O) groups is 1. The first-order valence-electron chi connectivity index (χ1n) is 6.01. The minimum absolute atomic E-state index is 0.298. The van der Waals surface area contributed by atoms with Crippen LogP contribution in [-0.4, -0.2) is 22.5 Å². The topological polar surface area (TPSA) is 17.1 Å². The lowest BCUT2D eigenvalue weighted by atomic mass is 10.3. The number of thiophene rings is 1. The molecule has 1 nitrogen and oxygen atoms in total. The Kier molecular flexibility index (Phi) is 7.32. The summed E-state index contributed by atoms with van der Waals surface area (Å²) in [6, 6.07) is 4.05. The number of Topliss-reactive ketones (excluding diaryl/α,β-unsaturated/α-hetero) is 1. The van der Waals surface area contributed by atoms with Crippen molar-refractivity contribution in [1.29, 1.82) is 0 Å². The van der Waals surface area contributed by atoms with Crippen LogP contribution in [0.3, 0.4) is 0 Å². The third-order valence-electron chi connectivity index (χ3n) is 2.08. The molecule has 0 spiro atoms. The van der Waals surface area contributed by atoms with Crippen LogP contribution in [0.5, 0.6) is 0 Å². The maximum absolute atomic E-state index is 11.9. The van der Waals surface area contributed by atoms with Gasteiger partial charge in [0.1, 0.15) is 0 Å². The molecule has 96 valence electrons. The fraction of sp³-hybridized carbons (Fsp3) is 0.615. The van der Waals surface area contributed by atoms with Crippen molar-refractivity contribution in [2.45, 2.75) is 43.1 Å². The molecule has 0 amide bonds. The van der Waals surface area contributed by atoms with Gasteiger partial charge in [0, 0.05) is 12.2 Å². The van der Waals surface area contributed by atoms with Gasteiger partial charge in [-0.15, -0.1) is 23.1 Å². The van der Waals surface area contributed by atoms with Crippen LogP contribution in [0.25, 0.3) is 0 Å². The summed E-state index contributed by atoms with van der Waals surface area (Å²) in [6.07, 6.45) is 1.85. The average molecular weight is 289 g/mol. The minimum atomic E-state index is 0.298. The van der Waals surface area contributed by atoms with Crippen LogP contribution in [0.2, 0.25) is 0 Å². The molecule has 0 fully saturated rings. The Morgan fingerprint density at radius 1 is 1.35 bits per heavy atom. The van der Waals surface area contributed by atoms with Crippen LogP contribution in [0, 0.1) is 0 Å². The Balaban J connectivity index is 2.38. The van der Waals surface area contributed by atoms with Gasteiger partial charge >= 0.3 is 0 Å². The molecule has 0 aromatic carbocycles. The molecular weight excluding hydrogens is 268 g/mol. The van der Waals surface area contributed by atoms with E-state index in [-0.39, 0.29) is 0 Å². The fourth-order valence-electron chi connectivity index (χ4n) is 1.26. The third kappa shape index (κ3) is 5.98. The summed E-state index contributed by atoms with van der Waals surface area (Å²) < 4.78 is 1.27. The maximum Gasteiger partial charge on any atom is 0.173 e. The number of rotatable bonds is 8. The predicted molar refractivity (Wildman–Crippen MR) is 81.9 cm³/mol. The number of hydrogen-bond acceptors (Lipinski definition) is 4. The Bertz CT molecular complexity index is 344. The molecule has 0 N–H and O–H groups in total. The molecular formula is C13H20OS3. The normalized spacial score (nSPS) is 11.1. The molecule has 1 heterocycles. The van der Waals surface area contributed by atoms with E-state index in [0.717, 1.165) is 16.4 Å². The Hall–Kier alpha value is 0.0700. The minimum Gasteiger partial charge on any atom is -0.293 e. The van der Waals surface area contributed by atoms with E-state index >= 15 is 0 Å². The van der Waals surface area contributed by atoms with E-state index in [1.165, 1.54) is 10.6 Å². The van der Waals surface area contributed by atoms with Gasteiger partial charge in [0.2, 0.25) is 0 Å². The van der Waals surface area contributed by atoms with Crippen molar-refractivity contribution < 1.29 is 4.79 Å². The number of hydrogen-bond donors (Lipinski definition) is 0. The van der Waals surface area contributed by atoms with Crippen LogP contribution in [-0.2, 0) is 0 Å². The monoisotopic (exact) mass is 288 g/mol. The van der Waals surface area contributed by atoms with Crippen LogP contribution >= 0.6 is 34.9 Å². The van der Waals surface area contributed by atoms with Crippen LogP contribution in [0.1, 0.15) is 43.3 Å². The van der Waals surface area contributed by atoms with E-state index in [1.807, 2.05) is 29.6 Å². The highest BCUT2D eigenvalue weighted by Crippen LogP contribution is 2.28. The Labute approximate surface area is 117 Å². The number of carbonyl (C=O) groups excluding carboxylic acids is 1. The van der Waals surface area contributed by atoms with Crippen molar-refractivity contribution in [3.05, 3.63) is 17.0 Å². The molecule has 1 aromatic rings. The van der Waals surface area contributed by atoms with Crippen LogP contribution < -0.4 is 0 Å². The van der Waals surface area contributed by atoms with Crippen molar-refractivity contribution >= 4 is 40.6 Å². The lowest BCUT2D eigenvalue weighted by Gasteiger charge is -2.02. The highest BCUT2D eigenvalue weighted by molar-refractivity contribution is 8.01. The van der Waals surface area contributed by atoms with Crippen LogP contribution in [0.4, 0.5) is 0 Å². The second kappa shape index (κ2) is 8.22. The molecule has 0 aliphatic rings. The molecule has 0 bridgehead atoms. The Morgan fingerprint density at radius 2 is 2.12 bits per heavy atom. The van der Waals surface area contributed by atoms with E-state index in [2.05, 4.69) is 26.8 Å². The summed E-state index contributed by atoms with van der Waals surface area (Å²) in [5, 5.41) is 0.613. The van der Waals surface area contributed by atoms with Gasteiger partial charge in [-0.3, -0.25) is 4.79 Å². The molecule has 17 heavy (non-hydrogen) atoms. The standard InChI is InChI=1S/C13H20OS3/c1-4-8-16-13-6-5-12(17-13)11(14)7-9-15-10(2)3/h5-6,10H,4,7-9H2,1-3H3. The van der Waals surface area contributed by atoms with Crippen LogP contribution in [0.15, 0.2) is 16.3 Å². The first-order chi connectivity index (χ1) is 8.13. The highest BCUT2D eigenvalue weighted by Gasteiger charge is 2.09. The first kappa shape index (κ1) is 15.1. The average Bonchev–Trinajstić information content (AvgIpc) is 2.74. The van der Waals surface area contributed by atoms with E-state index < -0.39 is 0 Å². The van der Waals surface area contributed by atoms with Gasteiger partial charge in [-0.1, -0.05) is 20.8 Å². The SMILES string of the molecule is CCCSc1ccc(C(=O)CCSC(C)C)s1. The van der Waals surface area contributed by atoms with Gasteiger partial charge in [-0.2, -0.15) is 11.8 Å². The molecule has 0 aliphatic heterocycles. The Morgan fingerprint density at radius 3 is 2.76 bits per heavy atom. The second-order valence-corrected chi connectivity index (χ2v) is 8.22. The number of ketones is 1. The summed E-state index contributed by atoms with van der Waals surface area (Å²) in [5.41, 5.74) is 0. The van der Waals surface area contributed by atoms with Gasteiger partial charge in [0.05, 0.1) is 9.09 Å². The quantitative estimate of drug-likeness (QED) is 0.497. The second-order valence-electron chi connectivity index (χ2n) is 4.06. The lowest BCUT2D eigenvalue weighted by Crippen LogP contribution is -1.99. The summed E-state index contributed by atoms with van der Waals surface area (Å²) in [7, 11) is 0. The molecule has 0 radical (unpaired) electrons. The summed E-state index contributed by atoms with van der Waals surface area (Å²) >= 11 is 5.35. The van der Waals surface area contributed by atoms with Crippen molar-refractivity contribution in [1.82, 2.24) is 0 Å². The smallest absolute Gasteiger partial charge is 0.173 e. The summed E-state index contributed by atoms with van der Waals surface area (Å²) in [6.45, 7) is 6.51. The zero-order valence-corrected chi connectivity index (χ0v) is 13.1. The van der Waals surface area contributed by atoms with E-state index in [0.29, 0.717) is 17.5 Å². The third-order valence-corrected chi connectivity index (χ3v) is 5.75. The molecule has 0 saturated heterocycles. The van der Waals surface area contributed by atoms with Crippen molar-refractivity contribution in [2.75, 3.05) is 11.5 Å². The molecule has 1 aromatic heterocycles. The lowest BCUT2D eigenvalue weighted by molar-refractivity contribution is 0.0993. The molecule has 1 rings (SSSR count). The molecule has 0 atom stereocenters. The summed E-state index contributed by atoms with van der Waals surface area (Å²) in [4.78, 5) is 12.8. The largest absolute Gasteiger partial charge is 0.293 e. The van der Waals surface area contributed by atoms with Gasteiger partial charge in [0.15, 0.2) is 5.78 Å². The van der Waals surface area contributed by atoms with E-state index in [9.17, 15) is 4.79 Å². The fourth-order valence-corrected chi connectivity index (χ4v) is 4.06. The van der Waals surface area contributed by atoms with Gasteiger partial charge in [-0.05, 0) is 29.6 Å². The van der Waals surface area contributed by atoms with Gasteiger partial charge in [0.25, 0.3) is 0 Å². The van der Waals surface area contributed by atoms with Gasteiger partial charge < -0.3 is 0 Å². The molecule has 0 aliphatic carbocycles. The molecule has 0 saturated carbocycles.